The Kier molecular flexibility index (Phi) is 2.94. The Labute approximate surface area is 106 Å². The van der Waals surface area contributed by atoms with Gasteiger partial charge in [0.05, 0.1) is 0 Å². The van der Waals surface area contributed by atoms with E-state index in [1.807, 2.05) is 12.1 Å². The van der Waals surface area contributed by atoms with Crippen LogP contribution in [-0.4, -0.2) is 40.2 Å². The molecule has 0 unspecified atom stereocenters. The summed E-state index contributed by atoms with van der Waals surface area (Å²) in [6.07, 6.45) is 1.77. The van der Waals surface area contributed by atoms with Crippen molar-refractivity contribution in [2.24, 2.45) is 0 Å². The molecule has 1 saturated heterocycles. The van der Waals surface area contributed by atoms with E-state index in [1.165, 1.54) is 0 Å². The molecule has 1 aromatic rings. The SMILES string of the molecule is CC1(C)OB(c2ccnc([As])c2)OC1(C)C. The van der Waals surface area contributed by atoms with Crippen molar-refractivity contribution >= 4 is 33.9 Å². The van der Waals surface area contributed by atoms with Crippen LogP contribution in [-0.2, 0) is 9.31 Å². The maximum atomic E-state index is 5.95. The van der Waals surface area contributed by atoms with E-state index in [2.05, 4.69) is 49.5 Å². The van der Waals surface area contributed by atoms with Gasteiger partial charge in [-0.25, -0.2) is 0 Å². The van der Waals surface area contributed by atoms with Crippen molar-refractivity contribution in [2.75, 3.05) is 0 Å². The van der Waals surface area contributed by atoms with Gasteiger partial charge in [-0.2, -0.15) is 0 Å². The summed E-state index contributed by atoms with van der Waals surface area (Å²) in [6, 6.07) is 3.90. The summed E-state index contributed by atoms with van der Waals surface area (Å²) in [5.74, 6) is 0. The van der Waals surface area contributed by atoms with Crippen molar-refractivity contribution in [1.82, 2.24) is 4.98 Å². The summed E-state index contributed by atoms with van der Waals surface area (Å²) in [5, 5.41) is 0. The second-order valence-electron chi connectivity index (χ2n) is 5.04. The van der Waals surface area contributed by atoms with Gasteiger partial charge in [-0.3, -0.25) is 0 Å². The minimum absolute atomic E-state index is 0.288. The van der Waals surface area contributed by atoms with Crippen LogP contribution < -0.4 is 9.94 Å². The summed E-state index contributed by atoms with van der Waals surface area (Å²) in [6.45, 7) is 8.21. The van der Waals surface area contributed by atoms with Gasteiger partial charge in [0.15, 0.2) is 0 Å². The molecular formula is C11H15AsBNO2. The fraction of sp³-hybridized carbons (Fsp3) is 0.545. The van der Waals surface area contributed by atoms with E-state index in [-0.39, 0.29) is 18.3 Å². The molecule has 16 heavy (non-hydrogen) atoms. The van der Waals surface area contributed by atoms with Crippen molar-refractivity contribution in [1.29, 1.82) is 0 Å². The number of hydrogen-bond donors (Lipinski definition) is 0. The van der Waals surface area contributed by atoms with Gasteiger partial charge in [-0.05, 0) is 0 Å². The molecule has 0 aliphatic carbocycles. The molecule has 2 radical (unpaired) electrons. The average Bonchev–Trinajstić information content (AvgIpc) is 2.36. The van der Waals surface area contributed by atoms with Gasteiger partial charge in [0.1, 0.15) is 0 Å². The zero-order valence-electron chi connectivity index (χ0n) is 10.0. The molecule has 1 aliphatic heterocycles. The minimum atomic E-state index is -0.295. The predicted molar refractivity (Wildman–Crippen MR) is 65.3 cm³/mol. The number of hydrogen-bond acceptors (Lipinski definition) is 3. The Morgan fingerprint density at radius 3 is 2.25 bits per heavy atom. The summed E-state index contributed by atoms with van der Waals surface area (Å²) in [7, 11) is -0.295. The topological polar surface area (TPSA) is 31.4 Å². The van der Waals surface area contributed by atoms with Gasteiger partial charge in [-0.1, -0.05) is 0 Å². The van der Waals surface area contributed by atoms with Gasteiger partial charge in [0.25, 0.3) is 0 Å². The Bertz CT molecular complexity index is 393. The van der Waals surface area contributed by atoms with Crippen LogP contribution in [0.25, 0.3) is 0 Å². The van der Waals surface area contributed by atoms with E-state index < -0.39 is 0 Å². The maximum absolute atomic E-state index is 5.95. The van der Waals surface area contributed by atoms with Gasteiger partial charge in [0.2, 0.25) is 0 Å². The molecule has 1 aromatic heterocycles. The third kappa shape index (κ3) is 2.06. The number of nitrogens with zero attached hydrogens (tertiary/aromatic N) is 1. The van der Waals surface area contributed by atoms with Crippen LogP contribution in [0.4, 0.5) is 0 Å². The first-order chi connectivity index (χ1) is 7.32. The molecule has 1 fully saturated rings. The molecule has 0 atom stereocenters. The van der Waals surface area contributed by atoms with E-state index in [9.17, 15) is 0 Å². The van der Waals surface area contributed by atoms with Crippen LogP contribution in [0.2, 0.25) is 0 Å². The molecule has 3 nitrogen and oxygen atoms in total. The second-order valence-corrected chi connectivity index (χ2v) is 6.00. The van der Waals surface area contributed by atoms with E-state index in [0.717, 1.165) is 9.94 Å². The van der Waals surface area contributed by atoms with Crippen molar-refractivity contribution in [3.63, 3.8) is 0 Å². The summed E-state index contributed by atoms with van der Waals surface area (Å²) in [5.41, 5.74) is 0.442. The predicted octanol–water partition coefficient (Wildman–Crippen LogP) is 0.175. The van der Waals surface area contributed by atoms with Crippen molar-refractivity contribution in [2.45, 2.75) is 38.9 Å². The van der Waals surface area contributed by atoms with Gasteiger partial charge < -0.3 is 0 Å². The first-order valence-electron chi connectivity index (χ1n) is 5.32. The van der Waals surface area contributed by atoms with E-state index in [4.69, 9.17) is 9.31 Å². The Balaban J connectivity index is 2.27. The number of aromatic nitrogens is 1. The van der Waals surface area contributed by atoms with Crippen LogP contribution in [0, 0.1) is 0 Å². The quantitative estimate of drug-likeness (QED) is 0.687. The molecule has 0 aromatic carbocycles. The first-order valence-corrected chi connectivity index (χ1v) is 6.26. The standard InChI is InChI=1S/C11H15AsBNO2/c1-10(2)11(3,4)16-13(15-10)8-5-6-14-9(12)7-8/h5-7H,1-4H3. The van der Waals surface area contributed by atoms with Gasteiger partial charge in [-0.15, -0.1) is 0 Å². The zero-order chi connectivity index (χ0) is 12.0. The fourth-order valence-electron chi connectivity index (χ4n) is 1.56. The molecule has 0 spiro atoms. The normalized spacial score (nSPS) is 22.4. The van der Waals surface area contributed by atoms with Crippen molar-refractivity contribution in [3.8, 4) is 0 Å². The first kappa shape index (κ1) is 12.2. The molecule has 1 aliphatic rings. The van der Waals surface area contributed by atoms with Crippen LogP contribution in [0.15, 0.2) is 18.3 Å². The Morgan fingerprint density at radius 1 is 1.19 bits per heavy atom. The van der Waals surface area contributed by atoms with Crippen LogP contribution in [0.5, 0.6) is 0 Å². The zero-order valence-corrected chi connectivity index (χ0v) is 11.9. The summed E-state index contributed by atoms with van der Waals surface area (Å²) < 4.78 is 12.8. The molecule has 0 saturated carbocycles. The molecule has 84 valence electrons. The summed E-state index contributed by atoms with van der Waals surface area (Å²) in [4.78, 5) is 4.15. The Morgan fingerprint density at radius 2 is 1.75 bits per heavy atom. The van der Waals surface area contributed by atoms with Crippen molar-refractivity contribution in [3.05, 3.63) is 18.3 Å². The molecule has 2 rings (SSSR count). The third-order valence-electron chi connectivity index (χ3n) is 3.29. The van der Waals surface area contributed by atoms with E-state index in [1.54, 1.807) is 6.20 Å². The second kappa shape index (κ2) is 3.87. The molecule has 0 amide bonds. The van der Waals surface area contributed by atoms with Crippen LogP contribution in [0.1, 0.15) is 27.7 Å². The molecular weight excluding hydrogens is 264 g/mol. The number of pyridine rings is 1. The number of rotatable bonds is 1. The van der Waals surface area contributed by atoms with Crippen LogP contribution >= 0.6 is 0 Å². The molecule has 5 heteroatoms. The van der Waals surface area contributed by atoms with Gasteiger partial charge >= 0.3 is 105 Å². The van der Waals surface area contributed by atoms with Gasteiger partial charge in [0, 0.05) is 0 Å². The fourth-order valence-corrected chi connectivity index (χ4v) is 2.01. The monoisotopic (exact) mass is 279 g/mol. The van der Waals surface area contributed by atoms with Crippen molar-refractivity contribution < 1.29 is 9.31 Å². The summed E-state index contributed by atoms with van der Waals surface area (Å²) >= 11 is 2.43. The van der Waals surface area contributed by atoms with Crippen LogP contribution in [0.3, 0.4) is 0 Å². The Hall–Kier alpha value is -0.307. The molecule has 0 N–H and O–H groups in total. The molecule has 0 bridgehead atoms. The third-order valence-corrected chi connectivity index (χ3v) is 3.81. The van der Waals surface area contributed by atoms with E-state index in [0.29, 0.717) is 0 Å². The van der Waals surface area contributed by atoms with E-state index >= 15 is 0 Å². The molecule has 2 heterocycles. The average molecular weight is 279 g/mol.